The van der Waals surface area contributed by atoms with Crippen molar-refractivity contribution in [3.05, 3.63) is 99.5 Å². The Morgan fingerprint density at radius 2 is 1.57 bits per heavy atom. The van der Waals surface area contributed by atoms with Crippen molar-refractivity contribution in [2.75, 3.05) is 0 Å². The third kappa shape index (κ3) is 7.75. The highest BCUT2D eigenvalue weighted by molar-refractivity contribution is 6.35. The van der Waals surface area contributed by atoms with Gasteiger partial charge in [-0.25, -0.2) is 4.79 Å². The van der Waals surface area contributed by atoms with Crippen LogP contribution in [0.15, 0.2) is 72.8 Å². The fourth-order valence-electron chi connectivity index (χ4n) is 4.91. The molecule has 1 fully saturated rings. The van der Waals surface area contributed by atoms with Gasteiger partial charge in [0.1, 0.15) is 24.4 Å². The van der Waals surface area contributed by atoms with Gasteiger partial charge in [-0.1, -0.05) is 71.7 Å². The Bertz CT molecular complexity index is 1320. The molecule has 10 heteroatoms. The van der Waals surface area contributed by atoms with E-state index in [0.29, 0.717) is 46.3 Å². The molecule has 1 aliphatic rings. The normalized spacial score (nSPS) is 17.8. The molecule has 3 aromatic carbocycles. The number of carbonyl (C=O) groups is 3. The molecule has 0 bridgehead atoms. The highest BCUT2D eigenvalue weighted by Crippen LogP contribution is 2.29. The van der Waals surface area contributed by atoms with Crippen LogP contribution in [-0.2, 0) is 34.0 Å². The molecule has 210 valence electrons. The number of aliphatic carboxylic acids is 2. The fraction of sp³-hybridized carbons (Fsp3) is 0.300. The summed E-state index contributed by atoms with van der Waals surface area (Å²) in [6, 6.07) is 19.5. The second kappa shape index (κ2) is 13.7. The van der Waals surface area contributed by atoms with Gasteiger partial charge in [-0.2, -0.15) is 0 Å². The number of hydrogen-bond donors (Lipinski definition) is 3. The Morgan fingerprint density at radius 3 is 2.20 bits per heavy atom. The number of benzene rings is 3. The molecule has 0 spiro atoms. The predicted octanol–water partition coefficient (Wildman–Crippen LogP) is 5.19. The van der Waals surface area contributed by atoms with E-state index in [2.05, 4.69) is 5.32 Å². The number of nitrogens with zero attached hydrogens (tertiary/aromatic N) is 1. The molecule has 3 N–H and O–H groups in total. The minimum absolute atomic E-state index is 0.0117. The Kier molecular flexibility index (Phi) is 10.0. The first-order chi connectivity index (χ1) is 19.2. The maximum atomic E-state index is 12.9. The monoisotopic (exact) mass is 584 g/mol. The Morgan fingerprint density at radius 1 is 0.900 bits per heavy atom. The summed E-state index contributed by atoms with van der Waals surface area (Å²) < 4.78 is 5.78. The van der Waals surface area contributed by atoms with E-state index in [0.717, 1.165) is 5.56 Å². The van der Waals surface area contributed by atoms with Gasteiger partial charge in [0.25, 0.3) is 0 Å². The summed E-state index contributed by atoms with van der Waals surface area (Å²) in [6.45, 7) is 0.575. The van der Waals surface area contributed by atoms with Crippen LogP contribution in [-0.4, -0.2) is 51.1 Å². The van der Waals surface area contributed by atoms with Crippen molar-refractivity contribution >= 4 is 41.0 Å². The maximum absolute atomic E-state index is 12.9. The van der Waals surface area contributed by atoms with Crippen LogP contribution in [0, 0.1) is 0 Å². The largest absolute Gasteiger partial charge is 0.489 e. The van der Waals surface area contributed by atoms with Gasteiger partial charge >= 0.3 is 11.9 Å². The molecule has 0 radical (unpaired) electrons. The van der Waals surface area contributed by atoms with Crippen molar-refractivity contribution in [1.82, 2.24) is 10.2 Å². The third-order valence-corrected chi connectivity index (χ3v) is 7.71. The molecular weight excluding hydrogens is 555 g/mol. The van der Waals surface area contributed by atoms with Crippen molar-refractivity contribution in [2.45, 2.75) is 57.0 Å². The molecular formula is C30H30Cl2N2O6. The number of carboxylic acids is 2. The standard InChI is InChI=1S/C30H30Cl2N2O6/c31-24-7-4-8-25(32)23(24)18-40-22-12-9-19(10-13-22)15-26(29(36)37)33-28(35)16-21-11-14-27(30(38)39)34(21)17-20-5-2-1-3-6-20/h1-10,12-13,21,26-27H,11,14-18H2,(H,33,35)(H,36,37)(H,38,39)/t21-,26?,27?/m1/s1. The number of halogens is 2. The summed E-state index contributed by atoms with van der Waals surface area (Å²) in [5.74, 6) is -1.95. The average Bonchev–Trinajstić information content (AvgIpc) is 3.31. The lowest BCUT2D eigenvalue weighted by molar-refractivity contribution is -0.143. The van der Waals surface area contributed by atoms with Crippen LogP contribution < -0.4 is 10.1 Å². The fourth-order valence-corrected chi connectivity index (χ4v) is 5.41. The number of nitrogens with one attached hydrogen (secondary N) is 1. The minimum Gasteiger partial charge on any atom is -0.489 e. The van der Waals surface area contributed by atoms with Gasteiger partial charge in [0, 0.05) is 41.0 Å². The second-order valence-electron chi connectivity index (χ2n) is 9.74. The van der Waals surface area contributed by atoms with E-state index in [1.807, 2.05) is 35.2 Å². The minimum atomic E-state index is -1.15. The van der Waals surface area contributed by atoms with Gasteiger partial charge in [0.05, 0.1) is 0 Å². The molecule has 40 heavy (non-hydrogen) atoms. The molecule has 0 saturated carbocycles. The summed E-state index contributed by atoms with van der Waals surface area (Å²) in [5.41, 5.74) is 2.32. The molecule has 0 aromatic heterocycles. The van der Waals surface area contributed by atoms with Gasteiger partial charge < -0.3 is 20.3 Å². The number of rotatable bonds is 12. The number of amides is 1. The average molecular weight is 585 g/mol. The van der Waals surface area contributed by atoms with Gasteiger partial charge in [0.15, 0.2) is 0 Å². The molecule has 1 aliphatic heterocycles. The molecule has 1 saturated heterocycles. The highest BCUT2D eigenvalue weighted by Gasteiger charge is 2.39. The summed E-state index contributed by atoms with van der Waals surface area (Å²) in [5, 5.41) is 23.1. The molecule has 1 heterocycles. The van der Waals surface area contributed by atoms with Crippen molar-refractivity contribution in [1.29, 1.82) is 0 Å². The summed E-state index contributed by atoms with van der Waals surface area (Å²) >= 11 is 12.4. The van der Waals surface area contributed by atoms with E-state index < -0.39 is 29.9 Å². The first kappa shape index (κ1) is 29.4. The molecule has 1 amide bonds. The van der Waals surface area contributed by atoms with Crippen molar-refractivity contribution in [2.24, 2.45) is 0 Å². The second-order valence-corrected chi connectivity index (χ2v) is 10.6. The smallest absolute Gasteiger partial charge is 0.326 e. The van der Waals surface area contributed by atoms with Crippen LogP contribution in [0.3, 0.4) is 0 Å². The Balaban J connectivity index is 1.34. The summed E-state index contributed by atoms with van der Waals surface area (Å²) in [7, 11) is 0. The zero-order chi connectivity index (χ0) is 28.6. The first-order valence-electron chi connectivity index (χ1n) is 12.9. The number of likely N-dealkylation sites (tertiary alicyclic amines) is 1. The van der Waals surface area contributed by atoms with Crippen LogP contribution in [0.25, 0.3) is 0 Å². The number of carbonyl (C=O) groups excluding carboxylic acids is 1. The van der Waals surface area contributed by atoms with Crippen molar-refractivity contribution < 1.29 is 29.3 Å². The third-order valence-electron chi connectivity index (χ3n) is 7.00. The van der Waals surface area contributed by atoms with Crippen LogP contribution in [0.1, 0.15) is 36.0 Å². The SMILES string of the molecule is O=C(C[C@H]1CCC(C(=O)O)N1Cc1ccccc1)NC(Cc1ccc(OCc2c(Cl)cccc2Cl)cc1)C(=O)O. The summed E-state index contributed by atoms with van der Waals surface area (Å²) in [4.78, 5) is 38.5. The van der Waals surface area contributed by atoms with Crippen molar-refractivity contribution in [3.63, 3.8) is 0 Å². The van der Waals surface area contributed by atoms with Gasteiger partial charge in [-0.05, 0) is 48.2 Å². The molecule has 3 aromatic rings. The molecule has 3 atom stereocenters. The maximum Gasteiger partial charge on any atom is 0.326 e. The lowest BCUT2D eigenvalue weighted by Crippen LogP contribution is -2.46. The Labute approximate surface area is 242 Å². The number of carboxylic acid groups (broad SMARTS) is 2. The van der Waals surface area contributed by atoms with E-state index in [9.17, 15) is 24.6 Å². The van der Waals surface area contributed by atoms with E-state index in [4.69, 9.17) is 27.9 Å². The molecule has 4 rings (SSSR count). The number of hydrogen-bond acceptors (Lipinski definition) is 5. The zero-order valence-corrected chi connectivity index (χ0v) is 23.1. The molecule has 0 aliphatic carbocycles. The summed E-state index contributed by atoms with van der Waals surface area (Å²) in [6.07, 6.45) is 1.06. The first-order valence-corrected chi connectivity index (χ1v) is 13.7. The highest BCUT2D eigenvalue weighted by atomic mass is 35.5. The van der Waals surface area contributed by atoms with E-state index in [1.165, 1.54) is 0 Å². The van der Waals surface area contributed by atoms with E-state index >= 15 is 0 Å². The Hall–Kier alpha value is -3.59. The van der Waals surface area contributed by atoms with E-state index in [-0.39, 0.29) is 25.5 Å². The zero-order valence-electron chi connectivity index (χ0n) is 21.6. The molecule has 2 unspecified atom stereocenters. The number of ether oxygens (including phenoxy) is 1. The van der Waals surface area contributed by atoms with Gasteiger partial charge in [0.2, 0.25) is 5.91 Å². The lowest BCUT2D eigenvalue weighted by Gasteiger charge is -2.28. The van der Waals surface area contributed by atoms with Crippen molar-refractivity contribution in [3.8, 4) is 5.75 Å². The van der Waals surface area contributed by atoms with Gasteiger partial charge in [-0.15, -0.1) is 0 Å². The van der Waals surface area contributed by atoms with Gasteiger partial charge in [-0.3, -0.25) is 14.5 Å². The quantitative estimate of drug-likeness (QED) is 0.268. The predicted molar refractivity (Wildman–Crippen MR) is 152 cm³/mol. The van der Waals surface area contributed by atoms with Crippen LogP contribution in [0.2, 0.25) is 10.0 Å². The lowest BCUT2D eigenvalue weighted by atomic mass is 10.0. The van der Waals surface area contributed by atoms with Crippen LogP contribution in [0.4, 0.5) is 0 Å². The van der Waals surface area contributed by atoms with Crippen LogP contribution >= 0.6 is 23.2 Å². The van der Waals surface area contributed by atoms with Crippen LogP contribution in [0.5, 0.6) is 5.75 Å². The topological polar surface area (TPSA) is 116 Å². The molecule has 8 nitrogen and oxygen atoms in total. The van der Waals surface area contributed by atoms with E-state index in [1.54, 1.807) is 42.5 Å².